The first kappa shape index (κ1) is 19.4. The number of aromatic hydroxyl groups is 1. The maximum absolute atomic E-state index is 13.7. The standard InChI is InChI=1S/C23H19F3N4O/c24-17-5-1-15(2-6-17)19-20(16-3-7-18(31)8-4-16)30-14-11-27-21(22(30)28-19)29-12-9-23(25,26)10-13-29/h1-8,11,14,31H,9-10,12-13H2. The maximum Gasteiger partial charge on any atom is 0.251 e. The molecular formula is C23H19F3N4O. The monoisotopic (exact) mass is 424 g/mol. The molecule has 2 aromatic heterocycles. The zero-order valence-corrected chi connectivity index (χ0v) is 16.5. The van der Waals surface area contributed by atoms with Gasteiger partial charge in [-0.15, -0.1) is 0 Å². The van der Waals surface area contributed by atoms with Crippen molar-refractivity contribution in [1.29, 1.82) is 0 Å². The van der Waals surface area contributed by atoms with Crippen LogP contribution in [0.5, 0.6) is 5.75 Å². The van der Waals surface area contributed by atoms with Crippen LogP contribution < -0.4 is 4.90 Å². The average Bonchev–Trinajstić information content (AvgIpc) is 3.15. The second-order valence-electron chi connectivity index (χ2n) is 7.65. The highest BCUT2D eigenvalue weighted by molar-refractivity contribution is 5.84. The Morgan fingerprint density at radius 2 is 1.55 bits per heavy atom. The van der Waals surface area contributed by atoms with Crippen LogP contribution in [0, 0.1) is 5.82 Å². The highest BCUT2D eigenvalue weighted by Gasteiger charge is 2.35. The number of hydrogen-bond donors (Lipinski definition) is 1. The number of phenolic OH excluding ortho intramolecular Hbond substituents is 1. The summed E-state index contributed by atoms with van der Waals surface area (Å²) in [5.41, 5.74) is 3.40. The molecule has 0 bridgehead atoms. The van der Waals surface area contributed by atoms with E-state index in [4.69, 9.17) is 4.98 Å². The van der Waals surface area contributed by atoms with Gasteiger partial charge in [0.25, 0.3) is 5.92 Å². The Bertz CT molecular complexity index is 1230. The number of rotatable bonds is 3. The Hall–Kier alpha value is -3.55. The summed E-state index contributed by atoms with van der Waals surface area (Å²) in [6.45, 7) is 0.375. The topological polar surface area (TPSA) is 53.7 Å². The van der Waals surface area contributed by atoms with Crippen molar-refractivity contribution in [3.8, 4) is 28.3 Å². The van der Waals surface area contributed by atoms with Crippen LogP contribution in [-0.2, 0) is 0 Å². The number of aromatic nitrogens is 3. The number of nitrogens with zero attached hydrogens (tertiary/aromatic N) is 4. The first-order valence-electron chi connectivity index (χ1n) is 9.96. The molecule has 5 nitrogen and oxygen atoms in total. The summed E-state index contributed by atoms with van der Waals surface area (Å²) in [6.07, 6.45) is 2.92. The van der Waals surface area contributed by atoms with Crippen molar-refractivity contribution < 1.29 is 18.3 Å². The van der Waals surface area contributed by atoms with E-state index in [0.29, 0.717) is 22.7 Å². The van der Waals surface area contributed by atoms with E-state index in [0.717, 1.165) is 11.3 Å². The summed E-state index contributed by atoms with van der Waals surface area (Å²) in [6, 6.07) is 12.7. The molecule has 2 aromatic carbocycles. The number of alkyl halides is 2. The van der Waals surface area contributed by atoms with Gasteiger partial charge in [0.2, 0.25) is 0 Å². The molecule has 0 spiro atoms. The van der Waals surface area contributed by atoms with Gasteiger partial charge in [-0.2, -0.15) is 0 Å². The molecule has 0 saturated carbocycles. The van der Waals surface area contributed by atoms with Crippen LogP contribution in [0.4, 0.5) is 19.0 Å². The fraction of sp³-hybridized carbons (Fsp3) is 0.217. The van der Waals surface area contributed by atoms with Crippen LogP contribution in [0.15, 0.2) is 60.9 Å². The van der Waals surface area contributed by atoms with Crippen LogP contribution in [-0.4, -0.2) is 38.5 Å². The normalized spacial score (nSPS) is 16.0. The smallest absolute Gasteiger partial charge is 0.251 e. The first-order chi connectivity index (χ1) is 14.9. The minimum absolute atomic E-state index is 0.137. The van der Waals surface area contributed by atoms with Gasteiger partial charge in [-0.3, -0.25) is 4.40 Å². The predicted octanol–water partition coefficient (Wildman–Crippen LogP) is 5.14. The van der Waals surface area contributed by atoms with Gasteiger partial charge in [-0.25, -0.2) is 23.1 Å². The molecular weight excluding hydrogens is 405 g/mol. The van der Waals surface area contributed by atoms with Gasteiger partial charge in [0.05, 0.1) is 11.4 Å². The number of halogens is 3. The maximum atomic E-state index is 13.7. The predicted molar refractivity (Wildman–Crippen MR) is 112 cm³/mol. The van der Waals surface area contributed by atoms with Gasteiger partial charge in [0.1, 0.15) is 11.6 Å². The average molecular weight is 424 g/mol. The van der Waals surface area contributed by atoms with Crippen LogP contribution in [0.2, 0.25) is 0 Å². The van der Waals surface area contributed by atoms with Crippen molar-refractivity contribution >= 4 is 11.5 Å². The summed E-state index contributed by atoms with van der Waals surface area (Å²) in [5, 5.41) is 9.70. The number of piperidine rings is 1. The molecule has 0 atom stereocenters. The van der Waals surface area contributed by atoms with E-state index in [1.165, 1.54) is 12.1 Å². The fourth-order valence-electron chi connectivity index (χ4n) is 3.94. The molecule has 0 radical (unpaired) electrons. The van der Waals surface area contributed by atoms with Crippen molar-refractivity contribution in [2.24, 2.45) is 0 Å². The molecule has 3 heterocycles. The van der Waals surface area contributed by atoms with E-state index in [-0.39, 0.29) is 37.5 Å². The van der Waals surface area contributed by atoms with Crippen LogP contribution >= 0.6 is 0 Å². The summed E-state index contributed by atoms with van der Waals surface area (Å²) < 4.78 is 42.7. The lowest BCUT2D eigenvalue weighted by molar-refractivity contribution is -0.0221. The summed E-state index contributed by atoms with van der Waals surface area (Å²) >= 11 is 0. The number of imidazole rings is 1. The minimum atomic E-state index is -2.66. The van der Waals surface area contributed by atoms with Crippen molar-refractivity contribution in [2.45, 2.75) is 18.8 Å². The van der Waals surface area contributed by atoms with E-state index in [2.05, 4.69) is 4.98 Å². The summed E-state index contributed by atoms with van der Waals surface area (Å²) in [5.74, 6) is -2.34. The SMILES string of the molecule is Oc1ccc(-c2c(-c3ccc(F)cc3)nc3c(N4CCC(F)(F)CC4)nccn23)cc1. The molecule has 31 heavy (non-hydrogen) atoms. The van der Waals surface area contributed by atoms with E-state index < -0.39 is 5.92 Å². The molecule has 5 rings (SSSR count). The van der Waals surface area contributed by atoms with Gasteiger partial charge in [0.15, 0.2) is 11.5 Å². The molecule has 0 unspecified atom stereocenters. The molecule has 4 aromatic rings. The molecule has 0 aliphatic carbocycles. The number of hydrogen-bond acceptors (Lipinski definition) is 4. The molecule has 1 aliphatic rings. The van der Waals surface area contributed by atoms with Crippen LogP contribution in [0.3, 0.4) is 0 Å². The van der Waals surface area contributed by atoms with Crippen molar-refractivity contribution in [1.82, 2.24) is 14.4 Å². The molecule has 1 N–H and O–H groups in total. The number of benzene rings is 2. The van der Waals surface area contributed by atoms with Gasteiger partial charge >= 0.3 is 0 Å². The Morgan fingerprint density at radius 1 is 0.903 bits per heavy atom. The second-order valence-corrected chi connectivity index (χ2v) is 7.65. The highest BCUT2D eigenvalue weighted by Crippen LogP contribution is 2.37. The van der Waals surface area contributed by atoms with Crippen molar-refractivity contribution in [2.75, 3.05) is 18.0 Å². The van der Waals surface area contributed by atoms with Gasteiger partial charge in [-0.05, 0) is 48.5 Å². The van der Waals surface area contributed by atoms with E-state index >= 15 is 0 Å². The zero-order valence-electron chi connectivity index (χ0n) is 16.5. The van der Waals surface area contributed by atoms with Crippen molar-refractivity contribution in [3.63, 3.8) is 0 Å². The van der Waals surface area contributed by atoms with Gasteiger partial charge in [0, 0.05) is 49.5 Å². The lowest BCUT2D eigenvalue weighted by Gasteiger charge is -2.32. The molecule has 1 saturated heterocycles. The zero-order chi connectivity index (χ0) is 21.6. The van der Waals surface area contributed by atoms with E-state index in [1.54, 1.807) is 48.8 Å². The first-order valence-corrected chi connectivity index (χ1v) is 9.96. The third-order valence-electron chi connectivity index (χ3n) is 5.58. The number of fused-ring (bicyclic) bond motifs is 1. The minimum Gasteiger partial charge on any atom is -0.508 e. The Labute approximate surface area is 176 Å². The third kappa shape index (κ3) is 3.58. The largest absolute Gasteiger partial charge is 0.508 e. The van der Waals surface area contributed by atoms with Crippen LogP contribution in [0.1, 0.15) is 12.8 Å². The third-order valence-corrected chi connectivity index (χ3v) is 5.58. The van der Waals surface area contributed by atoms with E-state index in [9.17, 15) is 18.3 Å². The molecule has 158 valence electrons. The fourth-order valence-corrected chi connectivity index (χ4v) is 3.94. The highest BCUT2D eigenvalue weighted by atomic mass is 19.3. The lowest BCUT2D eigenvalue weighted by Crippen LogP contribution is -2.40. The van der Waals surface area contributed by atoms with Gasteiger partial charge < -0.3 is 10.0 Å². The molecule has 1 aliphatic heterocycles. The number of phenols is 1. The molecule has 0 amide bonds. The van der Waals surface area contributed by atoms with Crippen LogP contribution in [0.25, 0.3) is 28.2 Å². The summed E-state index contributed by atoms with van der Waals surface area (Å²) in [4.78, 5) is 11.1. The Balaban J connectivity index is 1.70. The molecule has 8 heteroatoms. The van der Waals surface area contributed by atoms with Gasteiger partial charge in [-0.1, -0.05) is 0 Å². The van der Waals surface area contributed by atoms with Crippen molar-refractivity contribution in [3.05, 3.63) is 66.7 Å². The number of anilines is 1. The summed E-state index contributed by atoms with van der Waals surface area (Å²) in [7, 11) is 0. The Morgan fingerprint density at radius 3 is 2.23 bits per heavy atom. The quantitative estimate of drug-likeness (QED) is 0.495. The lowest BCUT2D eigenvalue weighted by atomic mass is 10.0. The Kier molecular flexibility index (Phi) is 4.57. The van der Waals surface area contributed by atoms with E-state index in [1.807, 2.05) is 9.30 Å². The molecule has 1 fully saturated rings. The second kappa shape index (κ2) is 7.30.